The lowest BCUT2D eigenvalue weighted by molar-refractivity contribution is 0.908. The summed E-state index contributed by atoms with van der Waals surface area (Å²) >= 11 is 9.59. The van der Waals surface area contributed by atoms with E-state index in [0.29, 0.717) is 11.1 Å². The van der Waals surface area contributed by atoms with E-state index in [1.54, 1.807) is 0 Å². The number of aromatic nitrogens is 2. The van der Waals surface area contributed by atoms with Crippen molar-refractivity contribution in [2.75, 3.05) is 0 Å². The Morgan fingerprint density at radius 3 is 2.93 bits per heavy atom. The van der Waals surface area contributed by atoms with E-state index in [1.807, 2.05) is 18.2 Å². The van der Waals surface area contributed by atoms with E-state index in [2.05, 4.69) is 25.3 Å². The molecule has 0 saturated heterocycles. The van der Waals surface area contributed by atoms with Crippen LogP contribution in [0.4, 0.5) is 0 Å². The fraction of sp³-hybridized carbons (Fsp3) is 0.300. The number of rotatable bonds is 1. The van der Waals surface area contributed by atoms with E-state index in [9.17, 15) is 0 Å². The van der Waals surface area contributed by atoms with E-state index < -0.39 is 0 Å². The van der Waals surface area contributed by atoms with Gasteiger partial charge in [-0.15, -0.1) is 0 Å². The van der Waals surface area contributed by atoms with Gasteiger partial charge in [0.25, 0.3) is 0 Å². The normalized spacial score (nSPS) is 16.4. The van der Waals surface area contributed by atoms with Crippen molar-refractivity contribution in [3.8, 4) is 0 Å². The molecule has 2 heterocycles. The third-order valence-corrected chi connectivity index (χ3v) is 3.44. The molecule has 2 aromatic rings. The van der Waals surface area contributed by atoms with Gasteiger partial charge in [0.2, 0.25) is 0 Å². The van der Waals surface area contributed by atoms with Gasteiger partial charge in [-0.2, -0.15) is 0 Å². The van der Waals surface area contributed by atoms with Gasteiger partial charge in [-0.25, -0.2) is 4.98 Å². The van der Waals surface area contributed by atoms with Crippen molar-refractivity contribution >= 4 is 33.0 Å². The van der Waals surface area contributed by atoms with Gasteiger partial charge in [0, 0.05) is 5.92 Å². The lowest BCUT2D eigenvalue weighted by atomic mass is 10.4. The van der Waals surface area contributed by atoms with Crippen LogP contribution in [0.15, 0.2) is 22.8 Å². The number of pyridine rings is 1. The van der Waals surface area contributed by atoms with Crippen LogP contribution in [0.1, 0.15) is 24.6 Å². The number of imidazole rings is 1. The third-order valence-electron chi connectivity index (χ3n) is 2.54. The van der Waals surface area contributed by atoms with Gasteiger partial charge < -0.3 is 0 Å². The molecule has 0 amide bonds. The standard InChI is InChI=1S/C10H8BrClN2/c11-8-3-1-2-7-9(12)13-10(14(7)8)6-4-5-6/h1-3,6H,4-5H2. The van der Waals surface area contributed by atoms with Crippen LogP contribution >= 0.6 is 27.5 Å². The highest BCUT2D eigenvalue weighted by molar-refractivity contribution is 9.10. The summed E-state index contributed by atoms with van der Waals surface area (Å²) < 4.78 is 3.12. The van der Waals surface area contributed by atoms with Crippen molar-refractivity contribution in [1.82, 2.24) is 9.38 Å². The third kappa shape index (κ3) is 1.19. The topological polar surface area (TPSA) is 17.3 Å². The molecule has 1 aliphatic carbocycles. The van der Waals surface area contributed by atoms with Gasteiger partial charge in [-0.3, -0.25) is 4.40 Å². The monoisotopic (exact) mass is 270 g/mol. The van der Waals surface area contributed by atoms with E-state index in [4.69, 9.17) is 11.6 Å². The fourth-order valence-corrected chi connectivity index (χ4v) is 2.46. The first-order chi connectivity index (χ1) is 6.77. The summed E-state index contributed by atoms with van der Waals surface area (Å²) in [6, 6.07) is 5.98. The largest absolute Gasteiger partial charge is 0.289 e. The minimum atomic E-state index is 0.605. The summed E-state index contributed by atoms with van der Waals surface area (Å²) in [7, 11) is 0. The van der Waals surface area contributed by atoms with Crippen LogP contribution in [-0.4, -0.2) is 9.38 Å². The van der Waals surface area contributed by atoms with E-state index in [-0.39, 0.29) is 0 Å². The highest BCUT2D eigenvalue weighted by atomic mass is 79.9. The zero-order valence-corrected chi connectivity index (χ0v) is 9.72. The van der Waals surface area contributed by atoms with Gasteiger partial charge in [0.15, 0.2) is 5.15 Å². The molecule has 72 valence electrons. The molecule has 0 unspecified atom stereocenters. The Balaban J connectivity index is 2.39. The smallest absolute Gasteiger partial charge is 0.155 e. The fourth-order valence-electron chi connectivity index (χ4n) is 1.70. The summed E-state index contributed by atoms with van der Waals surface area (Å²) in [5.74, 6) is 1.70. The SMILES string of the molecule is Clc1nc(C2CC2)n2c(Br)cccc12. The average Bonchev–Trinajstić information content (AvgIpc) is 2.94. The molecule has 2 aromatic heterocycles. The zero-order valence-electron chi connectivity index (χ0n) is 7.37. The predicted octanol–water partition coefficient (Wildman–Crippen LogP) is 3.63. The summed E-state index contributed by atoms with van der Waals surface area (Å²) in [5, 5.41) is 0.605. The minimum absolute atomic E-state index is 0.605. The van der Waals surface area contributed by atoms with Gasteiger partial charge in [0.1, 0.15) is 5.82 Å². The molecule has 14 heavy (non-hydrogen) atoms. The van der Waals surface area contributed by atoms with E-state index in [1.165, 1.54) is 12.8 Å². The molecule has 0 aromatic carbocycles. The van der Waals surface area contributed by atoms with Gasteiger partial charge in [-0.05, 0) is 40.9 Å². The lowest BCUT2D eigenvalue weighted by Crippen LogP contribution is -1.93. The number of nitrogens with zero attached hydrogens (tertiary/aromatic N) is 2. The minimum Gasteiger partial charge on any atom is -0.289 e. The molecule has 3 rings (SSSR count). The van der Waals surface area contributed by atoms with Gasteiger partial charge in [0.05, 0.1) is 10.1 Å². The van der Waals surface area contributed by atoms with E-state index in [0.717, 1.165) is 15.9 Å². The second kappa shape index (κ2) is 2.97. The molecule has 0 aliphatic heterocycles. The van der Waals surface area contributed by atoms with Crippen LogP contribution in [0.25, 0.3) is 5.52 Å². The van der Waals surface area contributed by atoms with Gasteiger partial charge in [-0.1, -0.05) is 17.7 Å². The Bertz CT molecular complexity index is 502. The van der Waals surface area contributed by atoms with Crippen LogP contribution in [-0.2, 0) is 0 Å². The second-order valence-electron chi connectivity index (χ2n) is 3.60. The first kappa shape index (κ1) is 8.74. The molecule has 4 heteroatoms. The van der Waals surface area contributed by atoms with Gasteiger partial charge >= 0.3 is 0 Å². The second-order valence-corrected chi connectivity index (χ2v) is 4.77. The predicted molar refractivity (Wildman–Crippen MR) is 59.9 cm³/mol. The van der Waals surface area contributed by atoms with Crippen LogP contribution in [0.3, 0.4) is 0 Å². The molecule has 1 saturated carbocycles. The Kier molecular flexibility index (Phi) is 1.86. The molecule has 0 atom stereocenters. The number of halogens is 2. The van der Waals surface area contributed by atoms with Crippen molar-refractivity contribution in [3.05, 3.63) is 33.8 Å². The summed E-state index contributed by atoms with van der Waals surface area (Å²) in [6.07, 6.45) is 2.47. The maximum absolute atomic E-state index is 6.07. The van der Waals surface area contributed by atoms with Crippen molar-refractivity contribution in [1.29, 1.82) is 0 Å². The Hall–Kier alpha value is -0.540. The van der Waals surface area contributed by atoms with Crippen LogP contribution in [0, 0.1) is 0 Å². The molecule has 2 nitrogen and oxygen atoms in total. The highest BCUT2D eigenvalue weighted by Gasteiger charge is 2.29. The Labute approximate surface area is 95.0 Å². The van der Waals surface area contributed by atoms with Crippen molar-refractivity contribution in [2.45, 2.75) is 18.8 Å². The Morgan fingerprint density at radius 1 is 1.43 bits per heavy atom. The van der Waals surface area contributed by atoms with E-state index >= 15 is 0 Å². The quantitative estimate of drug-likeness (QED) is 0.724. The first-order valence-corrected chi connectivity index (χ1v) is 5.77. The molecule has 1 aliphatic rings. The summed E-state index contributed by atoms with van der Waals surface area (Å²) in [6.45, 7) is 0. The summed E-state index contributed by atoms with van der Waals surface area (Å²) in [4.78, 5) is 4.41. The number of fused-ring (bicyclic) bond motifs is 1. The van der Waals surface area contributed by atoms with Crippen LogP contribution in [0.2, 0.25) is 5.15 Å². The number of hydrogen-bond acceptors (Lipinski definition) is 1. The van der Waals surface area contributed by atoms with Crippen molar-refractivity contribution < 1.29 is 0 Å². The molecule has 0 radical (unpaired) electrons. The van der Waals surface area contributed by atoms with Crippen molar-refractivity contribution in [3.63, 3.8) is 0 Å². The Morgan fingerprint density at radius 2 is 2.21 bits per heavy atom. The van der Waals surface area contributed by atoms with Crippen LogP contribution < -0.4 is 0 Å². The molecule has 0 bridgehead atoms. The first-order valence-electron chi connectivity index (χ1n) is 4.60. The molecular formula is C10H8BrClN2. The average molecular weight is 272 g/mol. The van der Waals surface area contributed by atoms with Crippen LogP contribution in [0.5, 0.6) is 0 Å². The molecule has 0 spiro atoms. The van der Waals surface area contributed by atoms with Crippen molar-refractivity contribution in [2.24, 2.45) is 0 Å². The maximum atomic E-state index is 6.07. The molecule has 0 N–H and O–H groups in total. The number of hydrogen-bond donors (Lipinski definition) is 0. The maximum Gasteiger partial charge on any atom is 0.155 e. The zero-order chi connectivity index (χ0) is 9.71. The molecular weight excluding hydrogens is 263 g/mol. The highest BCUT2D eigenvalue weighted by Crippen LogP contribution is 2.41. The molecule has 1 fully saturated rings. The lowest BCUT2D eigenvalue weighted by Gasteiger charge is -2.01. The summed E-state index contributed by atoms with van der Waals surface area (Å²) in [5.41, 5.74) is 0.989.